The van der Waals surface area contributed by atoms with E-state index < -0.39 is 0 Å². The quantitative estimate of drug-likeness (QED) is 0.480. The molecule has 0 bridgehead atoms. The first kappa shape index (κ1) is 20.8. The van der Waals surface area contributed by atoms with E-state index >= 15 is 0 Å². The summed E-state index contributed by atoms with van der Waals surface area (Å²) in [4.78, 5) is 17.4. The van der Waals surface area contributed by atoms with Gasteiger partial charge in [-0.3, -0.25) is 4.79 Å². The zero-order valence-electron chi connectivity index (χ0n) is 18.5. The van der Waals surface area contributed by atoms with Gasteiger partial charge in [0, 0.05) is 29.0 Å². The van der Waals surface area contributed by atoms with Crippen LogP contribution in [-0.2, 0) is 4.79 Å². The Morgan fingerprint density at radius 3 is 2.73 bits per heavy atom. The van der Waals surface area contributed by atoms with E-state index in [0.717, 1.165) is 34.6 Å². The van der Waals surface area contributed by atoms with Crippen LogP contribution in [0, 0.1) is 6.92 Å². The van der Waals surface area contributed by atoms with E-state index in [1.807, 2.05) is 61.5 Å². The van der Waals surface area contributed by atoms with Crippen molar-refractivity contribution in [2.75, 3.05) is 11.9 Å². The van der Waals surface area contributed by atoms with Crippen LogP contribution in [0.5, 0.6) is 5.75 Å². The molecule has 1 N–H and O–H groups in total. The van der Waals surface area contributed by atoms with Gasteiger partial charge in [-0.05, 0) is 19.4 Å². The summed E-state index contributed by atoms with van der Waals surface area (Å²) >= 11 is 0. The number of ether oxygens (including phenoxy) is 1. The zero-order chi connectivity index (χ0) is 22.8. The molecule has 3 heterocycles. The number of nitrogens with one attached hydrogen (secondary N) is 1. The largest absolute Gasteiger partial charge is 0.493 e. The van der Waals surface area contributed by atoms with Crippen LogP contribution >= 0.6 is 0 Å². The van der Waals surface area contributed by atoms with Crippen molar-refractivity contribution < 1.29 is 9.53 Å². The first-order chi connectivity index (χ1) is 16.2. The van der Waals surface area contributed by atoms with E-state index in [1.54, 1.807) is 10.9 Å². The Hall–Kier alpha value is -4.07. The Balaban J connectivity index is 1.60. The molecule has 5 rings (SSSR count). The van der Waals surface area contributed by atoms with Crippen molar-refractivity contribution in [1.82, 2.24) is 25.0 Å². The van der Waals surface area contributed by atoms with E-state index in [2.05, 4.69) is 27.4 Å². The molecule has 1 amide bonds. The number of amides is 1. The van der Waals surface area contributed by atoms with Gasteiger partial charge in [0.1, 0.15) is 11.6 Å². The van der Waals surface area contributed by atoms with Gasteiger partial charge in [-0.2, -0.15) is 14.9 Å². The highest BCUT2D eigenvalue weighted by molar-refractivity contribution is 5.95. The molecule has 0 saturated carbocycles. The van der Waals surface area contributed by atoms with Crippen molar-refractivity contribution in [2.45, 2.75) is 32.6 Å². The number of hydrogen-bond acceptors (Lipinski definition) is 6. The highest BCUT2D eigenvalue weighted by Crippen LogP contribution is 2.42. The molecule has 0 aliphatic carbocycles. The Labute approximate surface area is 191 Å². The molecule has 1 aliphatic rings. The summed E-state index contributed by atoms with van der Waals surface area (Å²) in [6.45, 7) is 4.62. The van der Waals surface area contributed by atoms with E-state index in [1.165, 1.54) is 0 Å². The molecule has 1 atom stereocenters. The fourth-order valence-corrected chi connectivity index (χ4v) is 4.20. The number of carbonyl (C=O) groups is 1. The van der Waals surface area contributed by atoms with Gasteiger partial charge in [0.05, 0.1) is 24.2 Å². The number of benzene rings is 2. The molecule has 2 aromatic heterocycles. The number of aromatic nitrogens is 5. The molecule has 0 radical (unpaired) electrons. The highest BCUT2D eigenvalue weighted by Gasteiger charge is 2.34. The molecular weight excluding hydrogens is 416 g/mol. The predicted octanol–water partition coefficient (Wildman–Crippen LogP) is 4.30. The Kier molecular flexibility index (Phi) is 5.56. The first-order valence-corrected chi connectivity index (χ1v) is 11.0. The minimum atomic E-state index is -0.180. The van der Waals surface area contributed by atoms with E-state index in [4.69, 9.17) is 9.84 Å². The van der Waals surface area contributed by atoms with Crippen LogP contribution in [-0.4, -0.2) is 37.5 Å². The molecule has 1 aliphatic heterocycles. The number of para-hydroxylation sites is 1. The summed E-state index contributed by atoms with van der Waals surface area (Å²) < 4.78 is 7.57. The molecule has 2 aromatic carbocycles. The lowest BCUT2D eigenvalue weighted by Crippen LogP contribution is -2.25. The summed E-state index contributed by atoms with van der Waals surface area (Å²) in [5.74, 6) is 1.40. The van der Waals surface area contributed by atoms with Crippen molar-refractivity contribution in [3.8, 4) is 23.0 Å². The molecule has 166 valence electrons. The van der Waals surface area contributed by atoms with Crippen molar-refractivity contribution in [1.29, 1.82) is 0 Å². The topological polar surface area (TPSA) is 94.8 Å². The number of fused-ring (bicyclic) bond motifs is 1. The lowest BCUT2D eigenvalue weighted by atomic mass is 9.85. The molecule has 0 fully saturated rings. The van der Waals surface area contributed by atoms with Crippen molar-refractivity contribution in [2.24, 2.45) is 0 Å². The standard InChI is InChI=1S/C25H24N6O2/c1-3-13-33-21-12-8-7-11-18(21)19-14-22(32)28-24-23(19)16(2)30-31(24)25-27-20(15-26-29-25)17-9-5-4-6-10-17/h4-12,15,19H,3,13-14H2,1-2H3,(H,28,32). The molecule has 1 unspecified atom stereocenters. The van der Waals surface area contributed by atoms with Crippen molar-refractivity contribution >= 4 is 11.7 Å². The SMILES string of the molecule is CCCOc1ccccc1C1CC(=O)Nc2c1c(C)nn2-c1nncc(-c2ccccc2)n1. The number of rotatable bonds is 6. The second-order valence-electron chi connectivity index (χ2n) is 7.96. The molecule has 0 spiro atoms. The number of anilines is 1. The van der Waals surface area contributed by atoms with Crippen LogP contribution in [0.4, 0.5) is 5.82 Å². The van der Waals surface area contributed by atoms with Gasteiger partial charge in [-0.15, -0.1) is 5.10 Å². The summed E-state index contributed by atoms with van der Waals surface area (Å²) in [5, 5.41) is 16.0. The van der Waals surface area contributed by atoms with Crippen LogP contribution in [0.15, 0.2) is 60.8 Å². The summed E-state index contributed by atoms with van der Waals surface area (Å²) in [6.07, 6.45) is 2.84. The van der Waals surface area contributed by atoms with Gasteiger partial charge in [-0.25, -0.2) is 4.98 Å². The summed E-state index contributed by atoms with van der Waals surface area (Å²) in [7, 11) is 0. The Bertz CT molecular complexity index is 1300. The second-order valence-corrected chi connectivity index (χ2v) is 7.96. The van der Waals surface area contributed by atoms with Gasteiger partial charge in [0.15, 0.2) is 0 Å². The average Bonchev–Trinajstić information content (AvgIpc) is 3.19. The van der Waals surface area contributed by atoms with Gasteiger partial charge in [-0.1, -0.05) is 55.5 Å². The molecule has 8 heteroatoms. The molecular formula is C25H24N6O2. The molecule has 4 aromatic rings. The normalized spacial score (nSPS) is 15.1. The zero-order valence-corrected chi connectivity index (χ0v) is 18.5. The molecule has 8 nitrogen and oxygen atoms in total. The van der Waals surface area contributed by atoms with Crippen LogP contribution in [0.25, 0.3) is 17.2 Å². The maximum Gasteiger partial charge on any atom is 0.272 e. The monoisotopic (exact) mass is 440 g/mol. The van der Waals surface area contributed by atoms with Crippen molar-refractivity contribution in [3.05, 3.63) is 77.6 Å². The van der Waals surface area contributed by atoms with Gasteiger partial charge >= 0.3 is 0 Å². The summed E-state index contributed by atoms with van der Waals surface area (Å²) in [6, 6.07) is 17.6. The average molecular weight is 441 g/mol. The van der Waals surface area contributed by atoms with Gasteiger partial charge < -0.3 is 10.1 Å². The third-order valence-corrected chi connectivity index (χ3v) is 5.67. The molecule has 33 heavy (non-hydrogen) atoms. The Morgan fingerprint density at radius 1 is 1.12 bits per heavy atom. The number of carbonyl (C=O) groups excluding carboxylic acids is 1. The lowest BCUT2D eigenvalue weighted by molar-refractivity contribution is -0.116. The fourth-order valence-electron chi connectivity index (χ4n) is 4.20. The summed E-state index contributed by atoms with van der Waals surface area (Å²) in [5.41, 5.74) is 4.32. The number of aryl methyl sites for hydroxylation is 1. The first-order valence-electron chi connectivity index (χ1n) is 11.0. The van der Waals surface area contributed by atoms with Gasteiger partial charge in [0.2, 0.25) is 5.91 Å². The second kappa shape index (κ2) is 8.82. The fraction of sp³-hybridized carbons (Fsp3) is 0.240. The van der Waals surface area contributed by atoms with Crippen LogP contribution in [0.2, 0.25) is 0 Å². The van der Waals surface area contributed by atoms with Crippen LogP contribution in [0.1, 0.15) is 42.5 Å². The molecule has 0 saturated heterocycles. The van der Waals surface area contributed by atoms with Gasteiger partial charge in [0.25, 0.3) is 5.95 Å². The smallest absolute Gasteiger partial charge is 0.272 e. The third-order valence-electron chi connectivity index (χ3n) is 5.67. The van der Waals surface area contributed by atoms with Crippen LogP contribution in [0.3, 0.4) is 0 Å². The minimum absolute atomic E-state index is 0.0916. The number of hydrogen-bond donors (Lipinski definition) is 1. The van der Waals surface area contributed by atoms with Crippen molar-refractivity contribution in [3.63, 3.8) is 0 Å². The van der Waals surface area contributed by atoms with Crippen LogP contribution < -0.4 is 10.1 Å². The maximum absolute atomic E-state index is 12.8. The third kappa shape index (κ3) is 3.95. The minimum Gasteiger partial charge on any atom is -0.493 e. The Morgan fingerprint density at radius 2 is 1.91 bits per heavy atom. The number of nitrogens with zero attached hydrogens (tertiary/aromatic N) is 5. The van der Waals surface area contributed by atoms with E-state index in [-0.39, 0.29) is 11.8 Å². The van der Waals surface area contributed by atoms with E-state index in [0.29, 0.717) is 30.5 Å². The van der Waals surface area contributed by atoms with E-state index in [9.17, 15) is 4.79 Å². The maximum atomic E-state index is 12.8. The lowest BCUT2D eigenvalue weighted by Gasteiger charge is -2.25. The predicted molar refractivity (Wildman–Crippen MR) is 124 cm³/mol. The highest BCUT2D eigenvalue weighted by atomic mass is 16.5.